The number of nitrogens with two attached hydrogens (primary N) is 1. The van der Waals surface area contributed by atoms with Crippen LogP contribution in [0, 0.1) is 12.3 Å². The number of amidine groups is 2. The van der Waals surface area contributed by atoms with E-state index in [1.54, 1.807) is 0 Å². The van der Waals surface area contributed by atoms with Gasteiger partial charge in [0.1, 0.15) is 28.2 Å². The fourth-order valence-corrected chi connectivity index (χ4v) is 11.9. The van der Waals surface area contributed by atoms with Gasteiger partial charge in [-0.05, 0) is 145 Å². The summed E-state index contributed by atoms with van der Waals surface area (Å²) in [6.07, 6.45) is 0. The van der Waals surface area contributed by atoms with Crippen molar-refractivity contribution in [3.05, 3.63) is 288 Å². The summed E-state index contributed by atoms with van der Waals surface area (Å²) < 4.78 is 12.0. The summed E-state index contributed by atoms with van der Waals surface area (Å²) in [5.41, 5.74) is 30.0. The van der Waals surface area contributed by atoms with Crippen molar-refractivity contribution in [3.63, 3.8) is 0 Å². The normalized spacial score (nSPS) is 12.9. The summed E-state index contributed by atoms with van der Waals surface area (Å²) in [7, 11) is 0. The second-order valence-electron chi connectivity index (χ2n) is 19.6. The molecule has 2 heterocycles. The summed E-state index contributed by atoms with van der Waals surface area (Å²) in [6.45, 7) is 2.15. The van der Waals surface area contributed by atoms with Crippen LogP contribution < -0.4 is 5.73 Å². The molecule has 13 aromatic rings. The molecule has 5 heteroatoms. The third kappa shape index (κ3) is 7.08. The van der Waals surface area contributed by atoms with Gasteiger partial charge in [0.15, 0.2) is 5.84 Å². The van der Waals surface area contributed by atoms with Crippen molar-refractivity contribution >= 4 is 55.5 Å². The number of para-hydroxylation sites is 1. The number of benzene rings is 11. The molecule has 0 saturated carbocycles. The molecule has 2 aliphatic rings. The highest BCUT2D eigenvalue weighted by Gasteiger charge is 2.51. The Morgan fingerprint density at radius 1 is 0.373 bits per heavy atom. The van der Waals surface area contributed by atoms with E-state index in [0.29, 0.717) is 11.4 Å². The molecule has 75 heavy (non-hydrogen) atoms. The molecule has 0 saturated heterocycles. The Balaban J connectivity index is 0.000000150. The predicted octanol–water partition coefficient (Wildman–Crippen LogP) is 17.6. The zero-order valence-electron chi connectivity index (χ0n) is 41.0. The van der Waals surface area contributed by atoms with Gasteiger partial charge in [0.25, 0.3) is 0 Å². The Morgan fingerprint density at radius 2 is 0.867 bits per heavy atom. The zero-order valence-corrected chi connectivity index (χ0v) is 41.0. The minimum atomic E-state index is -0.296. The maximum absolute atomic E-state index is 8.45. The number of aryl methyl sites for hydroxylation is 1. The highest BCUT2D eigenvalue weighted by Crippen LogP contribution is 2.63. The lowest BCUT2D eigenvalue weighted by atomic mass is 9.70. The number of fused-ring (bicyclic) bond motifs is 16. The van der Waals surface area contributed by atoms with Gasteiger partial charge in [-0.15, -0.1) is 0 Å². The standard InChI is InChI=1S/C44H28O.C26H19N3O/c1-27-9-8-16-42-43(27)36-26-31(22-24-41(36)45-42)29-19-17-28(18-20-29)30-21-23-40-35(25-30)34-12-4-7-15-39(34)44(40)37-13-5-2-10-32(37)33-11-3-6-14-38(33)44;27-25(19-10-6-9-18(15-19)17-7-2-1-3-8-17)29-26(28)20-13-14-24-22(16-20)21-11-4-5-12-23(21)30-24/h2-26H,1H3;1-16H,(H3,27,28,29). The van der Waals surface area contributed by atoms with E-state index in [0.717, 1.165) is 49.8 Å². The number of aliphatic imine (C=N–C) groups is 1. The average molecular weight is 962 g/mol. The van der Waals surface area contributed by atoms with Crippen LogP contribution in [0.4, 0.5) is 0 Å². The van der Waals surface area contributed by atoms with Crippen molar-refractivity contribution in [2.24, 2.45) is 10.7 Å². The van der Waals surface area contributed by atoms with E-state index in [4.69, 9.17) is 20.0 Å². The first-order valence-electron chi connectivity index (χ1n) is 25.4. The van der Waals surface area contributed by atoms with Gasteiger partial charge in [0.05, 0.1) is 5.41 Å². The fraction of sp³-hybridized carbons (Fsp3) is 0.0286. The molecule has 15 rings (SSSR count). The van der Waals surface area contributed by atoms with Gasteiger partial charge in [-0.25, -0.2) is 4.99 Å². The van der Waals surface area contributed by atoms with E-state index >= 15 is 0 Å². The van der Waals surface area contributed by atoms with Crippen LogP contribution >= 0.6 is 0 Å². The molecular formula is C70H47N3O2. The monoisotopic (exact) mass is 961 g/mol. The summed E-state index contributed by atoms with van der Waals surface area (Å²) in [6, 6.07) is 87.4. The van der Waals surface area contributed by atoms with Crippen LogP contribution in [-0.2, 0) is 5.41 Å². The molecule has 2 aromatic heterocycles. The molecule has 0 amide bonds. The highest BCUT2D eigenvalue weighted by atomic mass is 16.3. The second-order valence-corrected chi connectivity index (χ2v) is 19.6. The van der Waals surface area contributed by atoms with Crippen molar-refractivity contribution in [3.8, 4) is 55.6 Å². The molecule has 0 unspecified atom stereocenters. The third-order valence-electron chi connectivity index (χ3n) is 15.4. The van der Waals surface area contributed by atoms with Gasteiger partial charge in [-0.2, -0.15) is 0 Å². The first-order chi connectivity index (χ1) is 36.9. The maximum atomic E-state index is 8.45. The first-order valence-corrected chi connectivity index (χ1v) is 25.4. The molecule has 0 bridgehead atoms. The number of nitrogens with one attached hydrogen (secondary N) is 1. The largest absolute Gasteiger partial charge is 0.456 e. The van der Waals surface area contributed by atoms with Gasteiger partial charge in [-0.1, -0.05) is 194 Å². The Kier molecular flexibility index (Phi) is 10.2. The van der Waals surface area contributed by atoms with Crippen molar-refractivity contribution in [2.45, 2.75) is 12.3 Å². The van der Waals surface area contributed by atoms with Crippen molar-refractivity contribution < 1.29 is 8.83 Å². The van der Waals surface area contributed by atoms with Gasteiger partial charge < -0.3 is 14.6 Å². The molecule has 0 aliphatic heterocycles. The smallest absolute Gasteiger partial charge is 0.154 e. The lowest BCUT2D eigenvalue weighted by Crippen LogP contribution is -2.25. The highest BCUT2D eigenvalue weighted by molar-refractivity contribution is 6.13. The topological polar surface area (TPSA) is 88.5 Å². The second kappa shape index (κ2) is 17.4. The van der Waals surface area contributed by atoms with E-state index < -0.39 is 0 Å². The van der Waals surface area contributed by atoms with Crippen LogP contribution in [0.5, 0.6) is 0 Å². The molecule has 11 aromatic carbocycles. The number of hydrogen-bond acceptors (Lipinski definition) is 3. The SMILES string of the molecule is Cc1cccc2oc3ccc(-c4ccc(-c5ccc6c(c5)-c5ccccc5C65c6ccccc6-c6ccccc65)cc4)cc3c12.N=C(N=C(N)c1ccc2oc3ccccc3c2c1)c1cccc(-c2ccccc2)c1. The summed E-state index contributed by atoms with van der Waals surface area (Å²) >= 11 is 0. The molecule has 2 aliphatic carbocycles. The molecule has 0 radical (unpaired) electrons. The summed E-state index contributed by atoms with van der Waals surface area (Å²) in [5.74, 6) is 0.430. The molecule has 3 N–H and O–H groups in total. The van der Waals surface area contributed by atoms with Crippen molar-refractivity contribution in [2.75, 3.05) is 0 Å². The first kappa shape index (κ1) is 43.9. The molecule has 0 fully saturated rings. The number of nitrogens with zero attached hydrogens (tertiary/aromatic N) is 1. The van der Waals surface area contributed by atoms with E-state index in [1.165, 1.54) is 83.1 Å². The number of rotatable bonds is 5. The van der Waals surface area contributed by atoms with Crippen LogP contribution in [0.15, 0.2) is 263 Å². The summed E-state index contributed by atoms with van der Waals surface area (Å²) in [5, 5.41) is 12.8. The molecule has 1 spiro atoms. The predicted molar refractivity (Wildman–Crippen MR) is 309 cm³/mol. The van der Waals surface area contributed by atoms with Crippen LogP contribution in [0.25, 0.3) is 99.5 Å². The van der Waals surface area contributed by atoms with Crippen LogP contribution in [0.2, 0.25) is 0 Å². The zero-order chi connectivity index (χ0) is 50.2. The van der Waals surface area contributed by atoms with E-state index in [9.17, 15) is 0 Å². The van der Waals surface area contributed by atoms with Gasteiger partial charge in [-0.3, -0.25) is 5.41 Å². The van der Waals surface area contributed by atoms with E-state index in [2.05, 4.69) is 164 Å². The van der Waals surface area contributed by atoms with Crippen LogP contribution in [-0.4, -0.2) is 11.7 Å². The fourth-order valence-electron chi connectivity index (χ4n) is 11.9. The van der Waals surface area contributed by atoms with Gasteiger partial charge >= 0.3 is 0 Å². The third-order valence-corrected chi connectivity index (χ3v) is 15.4. The molecule has 5 nitrogen and oxygen atoms in total. The van der Waals surface area contributed by atoms with E-state index in [1.807, 2.05) is 97.1 Å². The Hall–Kier alpha value is -9.84. The maximum Gasteiger partial charge on any atom is 0.154 e. The van der Waals surface area contributed by atoms with Crippen molar-refractivity contribution in [1.29, 1.82) is 5.41 Å². The summed E-state index contributed by atoms with van der Waals surface area (Å²) in [4.78, 5) is 4.37. The minimum absolute atomic E-state index is 0.127. The Morgan fingerprint density at radius 3 is 1.60 bits per heavy atom. The van der Waals surface area contributed by atoms with Crippen molar-refractivity contribution in [1.82, 2.24) is 0 Å². The minimum Gasteiger partial charge on any atom is -0.456 e. The van der Waals surface area contributed by atoms with E-state index in [-0.39, 0.29) is 11.3 Å². The van der Waals surface area contributed by atoms with Gasteiger partial charge in [0, 0.05) is 32.7 Å². The molecular weight excluding hydrogens is 915 g/mol. The van der Waals surface area contributed by atoms with Crippen LogP contribution in [0.3, 0.4) is 0 Å². The number of furan rings is 2. The average Bonchev–Trinajstić information content (AvgIpc) is 4.26. The Bertz CT molecular complexity index is 4420. The lowest BCUT2D eigenvalue weighted by Gasteiger charge is -2.30. The molecule has 354 valence electrons. The molecule has 0 atom stereocenters. The quantitative estimate of drug-likeness (QED) is 0.133. The Labute approximate surface area is 434 Å². The number of hydrogen-bond donors (Lipinski definition) is 2. The lowest BCUT2D eigenvalue weighted by molar-refractivity contribution is 0.668. The van der Waals surface area contributed by atoms with Gasteiger partial charge in [0.2, 0.25) is 0 Å². The van der Waals surface area contributed by atoms with Crippen LogP contribution in [0.1, 0.15) is 38.9 Å².